The second-order valence-corrected chi connectivity index (χ2v) is 8.24. The van der Waals surface area contributed by atoms with Gasteiger partial charge in [0.25, 0.3) is 11.8 Å². The first-order valence-electron chi connectivity index (χ1n) is 10.7. The van der Waals surface area contributed by atoms with E-state index in [1.807, 2.05) is 0 Å². The summed E-state index contributed by atoms with van der Waals surface area (Å²) in [5.41, 5.74) is 1.56. The van der Waals surface area contributed by atoms with Crippen molar-refractivity contribution in [2.24, 2.45) is 0 Å². The standard InChI is InChI=1S/C22H25FN4O4/c23-17-4-2-16(3-5-17)15-26-8-1-9-27-19(21(26)29)14-18(24-27)20(28)25-10-6-22(7-11-25)30-12-13-31-22/h2-5,14H,1,6-13,15H2. The zero-order chi connectivity index (χ0) is 21.4. The molecule has 1 spiro atoms. The molecule has 0 aliphatic carbocycles. The molecule has 0 N–H and O–H groups in total. The molecule has 9 heteroatoms. The summed E-state index contributed by atoms with van der Waals surface area (Å²) in [6.07, 6.45) is 2.00. The number of likely N-dealkylation sites (tertiary alicyclic amines) is 1. The van der Waals surface area contributed by atoms with E-state index in [1.54, 1.807) is 32.7 Å². The summed E-state index contributed by atoms with van der Waals surface area (Å²) >= 11 is 0. The van der Waals surface area contributed by atoms with Crippen molar-refractivity contribution in [2.75, 3.05) is 32.8 Å². The Kier molecular flexibility index (Phi) is 5.23. The van der Waals surface area contributed by atoms with Crippen molar-refractivity contribution < 1.29 is 23.5 Å². The number of hydrogen-bond acceptors (Lipinski definition) is 5. The average molecular weight is 428 g/mol. The van der Waals surface area contributed by atoms with E-state index >= 15 is 0 Å². The average Bonchev–Trinajstić information content (AvgIpc) is 3.38. The highest BCUT2D eigenvalue weighted by Crippen LogP contribution is 2.31. The van der Waals surface area contributed by atoms with Crippen LogP contribution in [0.1, 0.15) is 45.8 Å². The van der Waals surface area contributed by atoms with Crippen LogP contribution in [0.2, 0.25) is 0 Å². The molecule has 2 saturated heterocycles. The molecule has 31 heavy (non-hydrogen) atoms. The van der Waals surface area contributed by atoms with Crippen molar-refractivity contribution in [1.29, 1.82) is 0 Å². The Morgan fingerprint density at radius 1 is 1.06 bits per heavy atom. The maximum Gasteiger partial charge on any atom is 0.274 e. The lowest BCUT2D eigenvalue weighted by molar-refractivity contribution is -0.181. The van der Waals surface area contributed by atoms with Crippen LogP contribution >= 0.6 is 0 Å². The van der Waals surface area contributed by atoms with Gasteiger partial charge in [-0.25, -0.2) is 4.39 Å². The smallest absolute Gasteiger partial charge is 0.274 e. The van der Waals surface area contributed by atoms with Gasteiger partial charge in [-0.3, -0.25) is 14.3 Å². The first kappa shape index (κ1) is 20.1. The van der Waals surface area contributed by atoms with Gasteiger partial charge in [0, 0.05) is 51.6 Å². The van der Waals surface area contributed by atoms with Gasteiger partial charge in [-0.2, -0.15) is 5.10 Å². The normalized spacial score (nSPS) is 20.7. The molecule has 3 aliphatic heterocycles. The Bertz CT molecular complexity index is 974. The summed E-state index contributed by atoms with van der Waals surface area (Å²) in [5, 5.41) is 4.44. The fourth-order valence-corrected chi connectivity index (χ4v) is 4.50. The molecule has 0 unspecified atom stereocenters. The number of amides is 2. The molecule has 5 rings (SSSR count). The van der Waals surface area contributed by atoms with Gasteiger partial charge in [-0.15, -0.1) is 0 Å². The fraction of sp³-hybridized carbons (Fsp3) is 0.500. The third-order valence-corrected chi connectivity index (χ3v) is 6.22. The molecule has 1 aromatic carbocycles. The minimum Gasteiger partial charge on any atom is -0.347 e. The number of benzene rings is 1. The third-order valence-electron chi connectivity index (χ3n) is 6.22. The molecule has 0 radical (unpaired) electrons. The summed E-state index contributed by atoms with van der Waals surface area (Å²) < 4.78 is 26.3. The van der Waals surface area contributed by atoms with Gasteiger partial charge in [0.05, 0.1) is 13.2 Å². The first-order chi connectivity index (χ1) is 15.0. The van der Waals surface area contributed by atoms with Gasteiger partial charge in [-0.05, 0) is 24.1 Å². The highest BCUT2D eigenvalue weighted by Gasteiger charge is 2.41. The number of aryl methyl sites for hydroxylation is 1. The van der Waals surface area contributed by atoms with E-state index in [1.165, 1.54) is 12.1 Å². The molecule has 1 aromatic heterocycles. The fourth-order valence-electron chi connectivity index (χ4n) is 4.50. The van der Waals surface area contributed by atoms with Crippen LogP contribution in [0.15, 0.2) is 30.3 Å². The van der Waals surface area contributed by atoms with Crippen LogP contribution in [0, 0.1) is 5.82 Å². The number of hydrogen-bond donors (Lipinski definition) is 0. The van der Waals surface area contributed by atoms with Crippen LogP contribution in [0.25, 0.3) is 0 Å². The topological polar surface area (TPSA) is 76.9 Å². The Morgan fingerprint density at radius 2 is 1.77 bits per heavy atom. The molecular formula is C22H25FN4O4. The number of halogens is 1. The van der Waals surface area contributed by atoms with Crippen LogP contribution in [-0.4, -0.2) is 70.0 Å². The molecule has 3 aliphatic rings. The van der Waals surface area contributed by atoms with Crippen molar-refractivity contribution in [3.63, 3.8) is 0 Å². The van der Waals surface area contributed by atoms with E-state index < -0.39 is 5.79 Å². The number of piperidine rings is 1. The predicted molar refractivity (Wildman–Crippen MR) is 108 cm³/mol. The Hall–Kier alpha value is -2.78. The number of fused-ring (bicyclic) bond motifs is 1. The van der Waals surface area contributed by atoms with E-state index in [4.69, 9.17) is 9.47 Å². The van der Waals surface area contributed by atoms with E-state index in [0.717, 1.165) is 12.0 Å². The van der Waals surface area contributed by atoms with Crippen molar-refractivity contribution in [3.05, 3.63) is 53.1 Å². The number of ether oxygens (including phenoxy) is 2. The lowest BCUT2D eigenvalue weighted by Gasteiger charge is -2.37. The summed E-state index contributed by atoms with van der Waals surface area (Å²) in [4.78, 5) is 29.6. The first-order valence-corrected chi connectivity index (χ1v) is 10.7. The molecule has 2 aromatic rings. The lowest BCUT2D eigenvalue weighted by Crippen LogP contribution is -2.47. The van der Waals surface area contributed by atoms with Crippen molar-refractivity contribution >= 4 is 11.8 Å². The SMILES string of the molecule is O=C(c1cc2n(n1)CCCN(Cc1ccc(F)cc1)C2=O)N1CCC2(CC1)OCCO2. The van der Waals surface area contributed by atoms with Crippen LogP contribution in [-0.2, 0) is 22.6 Å². The van der Waals surface area contributed by atoms with Crippen molar-refractivity contribution in [1.82, 2.24) is 19.6 Å². The quantitative estimate of drug-likeness (QED) is 0.748. The number of aromatic nitrogens is 2. The van der Waals surface area contributed by atoms with Gasteiger partial charge < -0.3 is 19.3 Å². The van der Waals surface area contributed by atoms with Gasteiger partial charge in [0.1, 0.15) is 11.5 Å². The highest BCUT2D eigenvalue weighted by atomic mass is 19.1. The van der Waals surface area contributed by atoms with Crippen molar-refractivity contribution in [2.45, 2.75) is 38.1 Å². The molecule has 8 nitrogen and oxygen atoms in total. The van der Waals surface area contributed by atoms with E-state index in [9.17, 15) is 14.0 Å². The minimum absolute atomic E-state index is 0.168. The summed E-state index contributed by atoms with van der Waals surface area (Å²) in [6, 6.07) is 7.74. The lowest BCUT2D eigenvalue weighted by atomic mass is 10.0. The summed E-state index contributed by atoms with van der Waals surface area (Å²) in [5.74, 6) is -1.19. The Labute approximate surface area is 179 Å². The number of carbonyl (C=O) groups is 2. The number of nitrogens with zero attached hydrogens (tertiary/aromatic N) is 4. The predicted octanol–water partition coefficient (Wildman–Crippen LogP) is 2.05. The summed E-state index contributed by atoms with van der Waals surface area (Å²) in [7, 11) is 0. The van der Waals surface area contributed by atoms with Crippen LogP contribution < -0.4 is 0 Å². The molecular weight excluding hydrogens is 403 g/mol. The zero-order valence-corrected chi connectivity index (χ0v) is 17.3. The van der Waals surface area contributed by atoms with Gasteiger partial charge >= 0.3 is 0 Å². The Balaban J connectivity index is 1.29. The van der Waals surface area contributed by atoms with E-state index in [0.29, 0.717) is 64.5 Å². The van der Waals surface area contributed by atoms with Crippen molar-refractivity contribution in [3.8, 4) is 0 Å². The molecule has 0 atom stereocenters. The molecule has 2 amide bonds. The molecule has 0 saturated carbocycles. The van der Waals surface area contributed by atoms with E-state index in [2.05, 4.69) is 5.10 Å². The number of carbonyl (C=O) groups excluding carboxylic acids is 2. The second kappa shape index (κ2) is 8.05. The highest BCUT2D eigenvalue weighted by molar-refractivity contribution is 5.98. The van der Waals surface area contributed by atoms with Crippen LogP contribution in [0.5, 0.6) is 0 Å². The zero-order valence-electron chi connectivity index (χ0n) is 17.3. The Morgan fingerprint density at radius 3 is 2.48 bits per heavy atom. The maximum absolute atomic E-state index is 13.2. The van der Waals surface area contributed by atoms with Gasteiger partial charge in [0.2, 0.25) is 0 Å². The summed E-state index contributed by atoms with van der Waals surface area (Å²) in [6.45, 7) is 3.80. The van der Waals surface area contributed by atoms with Gasteiger partial charge in [0.15, 0.2) is 11.5 Å². The monoisotopic (exact) mass is 428 g/mol. The largest absolute Gasteiger partial charge is 0.347 e. The van der Waals surface area contributed by atoms with E-state index in [-0.39, 0.29) is 23.3 Å². The third kappa shape index (κ3) is 3.95. The maximum atomic E-state index is 13.2. The molecule has 4 heterocycles. The molecule has 2 fully saturated rings. The van der Waals surface area contributed by atoms with Crippen LogP contribution in [0.3, 0.4) is 0 Å². The molecule has 0 bridgehead atoms. The van der Waals surface area contributed by atoms with Crippen LogP contribution in [0.4, 0.5) is 4.39 Å². The second-order valence-electron chi connectivity index (χ2n) is 8.24. The molecule has 164 valence electrons. The number of rotatable bonds is 3. The van der Waals surface area contributed by atoms with Gasteiger partial charge in [-0.1, -0.05) is 12.1 Å². The minimum atomic E-state index is -0.543.